The van der Waals surface area contributed by atoms with Crippen LogP contribution in [0.25, 0.3) is 10.9 Å². The zero-order chi connectivity index (χ0) is 38.3. The number of aromatic nitrogens is 4. The Balaban J connectivity index is 1.20. The quantitative estimate of drug-likeness (QED) is 0.117. The van der Waals surface area contributed by atoms with Crippen molar-refractivity contribution in [1.82, 2.24) is 24.8 Å². The highest BCUT2D eigenvalue weighted by Gasteiger charge is 2.49. The van der Waals surface area contributed by atoms with Gasteiger partial charge < -0.3 is 28.7 Å². The topological polar surface area (TPSA) is 98.2 Å². The molecule has 14 heteroatoms. The number of pyridine rings is 2. The van der Waals surface area contributed by atoms with Crippen molar-refractivity contribution in [1.29, 1.82) is 0 Å². The fourth-order valence-electron chi connectivity index (χ4n) is 8.39. The van der Waals surface area contributed by atoms with Crippen LogP contribution < -0.4 is 28.7 Å². The van der Waals surface area contributed by atoms with Gasteiger partial charge in [-0.3, -0.25) is 4.90 Å². The number of methoxy groups -OCH3 is 2. The molecule has 0 bridgehead atoms. The van der Waals surface area contributed by atoms with Crippen LogP contribution in [0.1, 0.15) is 55.8 Å². The van der Waals surface area contributed by atoms with E-state index in [-0.39, 0.29) is 47.9 Å². The maximum Gasteiger partial charge on any atom is 0.319 e. The summed E-state index contributed by atoms with van der Waals surface area (Å²) in [5, 5.41) is -0.0549. The maximum absolute atomic E-state index is 16.0. The number of alkyl halides is 1. The Morgan fingerprint density at radius 3 is 2.36 bits per heavy atom. The van der Waals surface area contributed by atoms with Gasteiger partial charge in [0.2, 0.25) is 5.88 Å². The summed E-state index contributed by atoms with van der Waals surface area (Å²) in [4.78, 5) is 25.3. The molecule has 55 heavy (non-hydrogen) atoms. The van der Waals surface area contributed by atoms with Crippen LogP contribution in [0.5, 0.6) is 23.4 Å². The maximum atomic E-state index is 16.0. The van der Waals surface area contributed by atoms with E-state index in [0.717, 1.165) is 53.4 Å². The first-order valence-corrected chi connectivity index (χ1v) is 19.0. The molecule has 0 unspecified atom stereocenters. The summed E-state index contributed by atoms with van der Waals surface area (Å²) in [5.74, 6) is 2.07. The predicted molar refractivity (Wildman–Crippen MR) is 207 cm³/mol. The number of hydrogen-bond donors (Lipinski definition) is 0. The number of hydrogen-bond acceptors (Lipinski definition) is 11. The Morgan fingerprint density at radius 2 is 1.69 bits per heavy atom. The highest BCUT2D eigenvalue weighted by atomic mass is 35.5. The molecule has 0 spiro atoms. The third kappa shape index (κ3) is 7.15. The van der Waals surface area contributed by atoms with Gasteiger partial charge in [-0.2, -0.15) is 15.0 Å². The van der Waals surface area contributed by atoms with Crippen molar-refractivity contribution in [2.75, 3.05) is 50.3 Å². The van der Waals surface area contributed by atoms with E-state index in [2.05, 4.69) is 37.7 Å². The second-order valence-corrected chi connectivity index (χ2v) is 15.0. The molecule has 0 N–H and O–H groups in total. The van der Waals surface area contributed by atoms with Crippen LogP contribution in [0, 0.1) is 5.82 Å². The van der Waals surface area contributed by atoms with Crippen molar-refractivity contribution in [3.8, 4) is 23.4 Å². The predicted octanol–water partition coefficient (Wildman–Crippen LogP) is 7.74. The summed E-state index contributed by atoms with van der Waals surface area (Å²) in [7, 11) is 3.30. The highest BCUT2D eigenvalue weighted by molar-refractivity contribution is 6.30. The van der Waals surface area contributed by atoms with Crippen LogP contribution in [0.2, 0.25) is 5.15 Å². The molecular formula is C41H44ClF2N7O4. The van der Waals surface area contributed by atoms with E-state index in [1.807, 2.05) is 61.5 Å². The van der Waals surface area contributed by atoms with E-state index in [0.29, 0.717) is 37.3 Å². The van der Waals surface area contributed by atoms with Gasteiger partial charge in [0.05, 0.1) is 31.8 Å². The molecule has 2 aromatic carbocycles. The van der Waals surface area contributed by atoms with Crippen LogP contribution in [-0.4, -0.2) is 83.1 Å². The van der Waals surface area contributed by atoms with Crippen molar-refractivity contribution >= 4 is 34.1 Å². The van der Waals surface area contributed by atoms with E-state index >= 15 is 4.39 Å². The van der Waals surface area contributed by atoms with Crippen molar-refractivity contribution in [2.24, 2.45) is 0 Å². The summed E-state index contributed by atoms with van der Waals surface area (Å²) in [6.45, 7) is 6.80. The molecule has 11 nitrogen and oxygen atoms in total. The molecule has 3 aliphatic rings. The van der Waals surface area contributed by atoms with Crippen molar-refractivity contribution in [3.63, 3.8) is 0 Å². The van der Waals surface area contributed by atoms with Crippen LogP contribution in [0.3, 0.4) is 0 Å². The zero-order valence-electron chi connectivity index (χ0n) is 31.3. The van der Waals surface area contributed by atoms with Crippen LogP contribution >= 0.6 is 11.6 Å². The second kappa shape index (κ2) is 15.3. The second-order valence-electron chi connectivity index (χ2n) is 14.7. The SMILES string of the molecule is COc1ccc(CN(Cc2ccc(OC)cc2)c2ncccc2[C@@H](C)N2c3nc(OC[C@@]45CCCN4C[C@H](F)C5)nc4c(F)c(Cl)nc(c34)OC[C@@H]2C)cc1. The summed E-state index contributed by atoms with van der Waals surface area (Å²) in [5.41, 5.74) is 2.56. The van der Waals surface area contributed by atoms with E-state index in [9.17, 15) is 4.39 Å². The Bertz CT molecular complexity index is 2120. The molecule has 3 aromatic heterocycles. The van der Waals surface area contributed by atoms with Gasteiger partial charge in [-0.15, -0.1) is 0 Å². The van der Waals surface area contributed by atoms with E-state index in [1.165, 1.54) is 0 Å². The van der Waals surface area contributed by atoms with Gasteiger partial charge in [0.25, 0.3) is 0 Å². The normalized spacial score (nSPS) is 21.2. The molecule has 5 aromatic rings. The Morgan fingerprint density at radius 1 is 1.00 bits per heavy atom. The number of benzene rings is 2. The number of halogens is 3. The monoisotopic (exact) mass is 771 g/mol. The minimum Gasteiger partial charge on any atom is -0.497 e. The standard InChI is InChI=1S/C41H44ClF2N7O4/c1-25-23-54-39-33-35(34(44)36(42)47-39)46-40(55-24-41-16-6-18-50(41)22-29(43)19-41)48-38(33)51(25)26(2)32-7-5-17-45-37(32)49(20-27-8-12-30(52-3)13-9-27)21-28-10-14-31(53-4)15-11-28/h5,7-15,17,25-26,29H,6,16,18-24H2,1-4H3/t25-,26+,29+,41-/m0/s1. The first kappa shape index (κ1) is 36.9. The molecular weight excluding hydrogens is 728 g/mol. The molecule has 2 fully saturated rings. The lowest BCUT2D eigenvalue weighted by molar-refractivity contribution is 0.107. The third-order valence-electron chi connectivity index (χ3n) is 11.1. The number of nitrogens with zero attached hydrogens (tertiary/aromatic N) is 7. The van der Waals surface area contributed by atoms with E-state index in [4.69, 9.17) is 40.5 Å². The molecule has 0 radical (unpaired) electrons. The molecule has 4 atom stereocenters. The minimum absolute atomic E-state index is 0.0171. The average Bonchev–Trinajstić information content (AvgIpc) is 3.69. The van der Waals surface area contributed by atoms with Crippen LogP contribution in [0.15, 0.2) is 66.9 Å². The Hall–Kier alpha value is -5.01. The third-order valence-corrected chi connectivity index (χ3v) is 11.4. The van der Waals surface area contributed by atoms with Gasteiger partial charge >= 0.3 is 6.01 Å². The minimum atomic E-state index is -0.923. The number of fused-ring (bicyclic) bond motifs is 1. The summed E-state index contributed by atoms with van der Waals surface area (Å²) in [6.07, 6.45) is 3.01. The van der Waals surface area contributed by atoms with Crippen molar-refractivity contribution < 1.29 is 27.7 Å². The molecule has 288 valence electrons. The first-order chi connectivity index (χ1) is 26.7. The van der Waals surface area contributed by atoms with Crippen LogP contribution in [-0.2, 0) is 13.1 Å². The van der Waals surface area contributed by atoms with Gasteiger partial charge in [-0.25, -0.2) is 13.8 Å². The van der Waals surface area contributed by atoms with Gasteiger partial charge in [0.15, 0.2) is 11.0 Å². The average molecular weight is 772 g/mol. The lowest BCUT2D eigenvalue weighted by atomic mass is 9.95. The molecule has 0 aliphatic carbocycles. The van der Waals surface area contributed by atoms with Gasteiger partial charge in [-0.05, 0) is 74.7 Å². The highest BCUT2D eigenvalue weighted by Crippen LogP contribution is 2.44. The van der Waals surface area contributed by atoms with Crippen molar-refractivity contribution in [3.05, 3.63) is 94.5 Å². The van der Waals surface area contributed by atoms with Gasteiger partial charge in [0, 0.05) is 37.8 Å². The zero-order valence-corrected chi connectivity index (χ0v) is 32.1. The molecule has 6 heterocycles. The van der Waals surface area contributed by atoms with Crippen molar-refractivity contribution in [2.45, 2.75) is 70.0 Å². The number of ether oxygens (including phenoxy) is 4. The lowest BCUT2D eigenvalue weighted by Crippen LogP contribution is -2.43. The fourth-order valence-corrected chi connectivity index (χ4v) is 8.56. The smallest absolute Gasteiger partial charge is 0.319 e. The van der Waals surface area contributed by atoms with Gasteiger partial charge in [-0.1, -0.05) is 41.9 Å². The summed E-state index contributed by atoms with van der Waals surface area (Å²) >= 11 is 6.32. The largest absolute Gasteiger partial charge is 0.497 e. The first-order valence-electron chi connectivity index (χ1n) is 18.6. The molecule has 3 aliphatic heterocycles. The Labute approximate surface area is 324 Å². The molecule has 8 rings (SSSR count). The lowest BCUT2D eigenvalue weighted by Gasteiger charge is -2.37. The number of anilines is 2. The van der Waals surface area contributed by atoms with Crippen LogP contribution in [0.4, 0.5) is 20.4 Å². The summed E-state index contributed by atoms with van der Waals surface area (Å²) < 4.78 is 54.0. The molecule has 0 saturated carbocycles. The van der Waals surface area contributed by atoms with Gasteiger partial charge in [0.1, 0.15) is 53.4 Å². The van der Waals surface area contributed by atoms with E-state index in [1.54, 1.807) is 20.4 Å². The molecule has 0 amide bonds. The summed E-state index contributed by atoms with van der Waals surface area (Å²) in [6, 6.07) is 19.3. The number of rotatable bonds is 12. The Kier molecular flexibility index (Phi) is 10.2. The molecule has 2 saturated heterocycles. The fraction of sp³-hybridized carbons (Fsp3) is 0.415. The van der Waals surface area contributed by atoms with E-state index < -0.39 is 17.5 Å².